The number of aryl methyl sites for hydroxylation is 3. The van der Waals surface area contributed by atoms with Gasteiger partial charge in [-0.3, -0.25) is 33.6 Å². The molecule has 3 aliphatic heterocycles. The number of aromatic nitrogens is 1. The van der Waals surface area contributed by atoms with Crippen molar-refractivity contribution in [3.05, 3.63) is 70.1 Å². The topological polar surface area (TPSA) is 260 Å². The van der Waals surface area contributed by atoms with Gasteiger partial charge in [-0.25, -0.2) is 9.37 Å². The van der Waals surface area contributed by atoms with Crippen molar-refractivity contribution in [3.8, 4) is 16.2 Å². The SMILES string of the molecule is CC(=O)N1CC[C@H]2CC[C@@H](C(=O)N[C@@H](CCC(N)=O)COc3cc(C)cc(CCCCCC(=O)N[C@H](C(=O)N4C[C@H](O)C[C@H]4C(=O)N[C@@H](C)c4ccc(-c5scnc5C)cc4)C(C)(C)C)c3F)N2C(=O)[C@@H](N)C1. The summed E-state index contributed by atoms with van der Waals surface area (Å²) >= 11 is 1.56. The first-order valence-corrected chi connectivity index (χ1v) is 26.3. The Morgan fingerprint density at radius 2 is 1.66 bits per heavy atom. The summed E-state index contributed by atoms with van der Waals surface area (Å²) in [6, 6.07) is 6.02. The lowest BCUT2D eigenvalue weighted by molar-refractivity contribution is -0.144. The molecule has 1 aromatic heterocycles. The molecule has 0 unspecified atom stereocenters. The van der Waals surface area contributed by atoms with Crippen LogP contribution in [-0.4, -0.2) is 135 Å². The van der Waals surface area contributed by atoms with Crippen molar-refractivity contribution in [3.63, 3.8) is 0 Å². The molecular weight excluding hydrogens is 958 g/mol. The molecule has 4 heterocycles. The van der Waals surface area contributed by atoms with Gasteiger partial charge in [-0.15, -0.1) is 11.3 Å². The number of nitrogens with one attached hydrogen (secondary N) is 3. The van der Waals surface area contributed by atoms with Gasteiger partial charge in [-0.1, -0.05) is 57.5 Å². The van der Waals surface area contributed by atoms with Crippen LogP contribution in [0.2, 0.25) is 0 Å². The molecule has 8 atom stereocenters. The zero-order valence-electron chi connectivity index (χ0n) is 43.2. The van der Waals surface area contributed by atoms with Crippen LogP contribution in [0.4, 0.5) is 4.39 Å². The molecule has 73 heavy (non-hydrogen) atoms. The fourth-order valence-electron chi connectivity index (χ4n) is 10.1. The van der Waals surface area contributed by atoms with E-state index in [1.807, 2.05) is 58.9 Å². The van der Waals surface area contributed by atoms with Gasteiger partial charge in [-0.2, -0.15) is 0 Å². The molecule has 8 N–H and O–H groups in total. The molecule has 7 amide bonds. The van der Waals surface area contributed by atoms with Crippen LogP contribution in [0.3, 0.4) is 0 Å². The van der Waals surface area contributed by atoms with Crippen molar-refractivity contribution in [2.24, 2.45) is 16.9 Å². The van der Waals surface area contributed by atoms with Crippen molar-refractivity contribution in [2.45, 2.75) is 167 Å². The van der Waals surface area contributed by atoms with Gasteiger partial charge >= 0.3 is 0 Å². The quantitative estimate of drug-likeness (QED) is 0.0878. The normalized spacial score (nSPS) is 21.4. The number of nitrogens with zero attached hydrogens (tertiary/aromatic N) is 4. The van der Waals surface area contributed by atoms with Gasteiger partial charge in [0.25, 0.3) is 0 Å². The number of aliphatic hydroxyl groups excluding tert-OH is 1. The number of carbonyl (C=O) groups is 7. The summed E-state index contributed by atoms with van der Waals surface area (Å²) in [6.07, 6.45) is 2.64. The van der Waals surface area contributed by atoms with Crippen LogP contribution in [0.25, 0.3) is 10.4 Å². The Labute approximate surface area is 431 Å². The molecule has 0 bridgehead atoms. The zero-order chi connectivity index (χ0) is 53.3. The maximum absolute atomic E-state index is 16.0. The number of hydrogen-bond acceptors (Lipinski definition) is 12. The number of rotatable bonds is 20. The van der Waals surface area contributed by atoms with Crippen LogP contribution in [0, 0.1) is 25.1 Å². The van der Waals surface area contributed by atoms with Crippen molar-refractivity contribution in [1.82, 2.24) is 35.6 Å². The largest absolute Gasteiger partial charge is 0.488 e. The van der Waals surface area contributed by atoms with Gasteiger partial charge in [0.15, 0.2) is 11.6 Å². The highest BCUT2D eigenvalue weighted by atomic mass is 32.1. The molecule has 2 aromatic carbocycles. The number of fused-ring (bicyclic) bond motifs is 1. The molecule has 3 saturated heterocycles. The van der Waals surface area contributed by atoms with E-state index in [0.29, 0.717) is 57.1 Å². The number of β-amino-alcohol motifs (C(OH)–C–C–N with tert-alkyl or cyclic N) is 1. The number of benzene rings is 2. The Morgan fingerprint density at radius 1 is 0.945 bits per heavy atom. The Balaban J connectivity index is 0.992. The van der Waals surface area contributed by atoms with E-state index in [1.165, 1.54) is 16.7 Å². The zero-order valence-corrected chi connectivity index (χ0v) is 44.0. The van der Waals surface area contributed by atoms with Crippen LogP contribution in [0.1, 0.15) is 127 Å². The summed E-state index contributed by atoms with van der Waals surface area (Å²) in [4.78, 5) is 102. The average molecular weight is 1030 g/mol. The molecule has 6 rings (SSSR count). The lowest BCUT2D eigenvalue weighted by atomic mass is 9.85. The number of hydrogen-bond donors (Lipinski definition) is 6. The number of unbranched alkanes of at least 4 members (excludes halogenated alkanes) is 2. The summed E-state index contributed by atoms with van der Waals surface area (Å²) in [6.45, 7) is 12.8. The monoisotopic (exact) mass is 1030 g/mol. The number of nitrogens with two attached hydrogens (primary N) is 2. The molecular formula is C53H74FN9O9S. The molecule has 0 spiro atoms. The molecule has 0 aliphatic carbocycles. The first-order chi connectivity index (χ1) is 34.5. The number of likely N-dealkylation sites (tertiary alicyclic amines) is 1. The number of thiazole rings is 1. The van der Waals surface area contributed by atoms with Crippen LogP contribution in [0.5, 0.6) is 5.75 Å². The molecule has 0 radical (unpaired) electrons. The fraction of sp³-hybridized carbons (Fsp3) is 0.585. The average Bonchev–Trinajstić information content (AvgIpc) is 4.08. The first-order valence-electron chi connectivity index (χ1n) is 25.4. The molecule has 3 aliphatic rings. The Bertz CT molecular complexity index is 2480. The maximum Gasteiger partial charge on any atom is 0.246 e. The third-order valence-electron chi connectivity index (χ3n) is 14.2. The van der Waals surface area contributed by atoms with E-state index in [0.717, 1.165) is 27.3 Å². The van der Waals surface area contributed by atoms with Gasteiger partial charge in [-0.05, 0) is 99.5 Å². The van der Waals surface area contributed by atoms with Crippen molar-refractivity contribution < 1.29 is 47.8 Å². The summed E-state index contributed by atoms with van der Waals surface area (Å²) in [5, 5.41) is 19.5. The summed E-state index contributed by atoms with van der Waals surface area (Å²) in [5.74, 6) is -3.42. The number of carbonyl (C=O) groups excluding carboxylic acids is 7. The third kappa shape index (κ3) is 14.6. The Kier molecular flexibility index (Phi) is 19.1. The van der Waals surface area contributed by atoms with Crippen molar-refractivity contribution in [1.29, 1.82) is 0 Å². The smallest absolute Gasteiger partial charge is 0.246 e. The van der Waals surface area contributed by atoms with Gasteiger partial charge in [0, 0.05) is 51.9 Å². The van der Waals surface area contributed by atoms with Crippen LogP contribution < -0.4 is 32.2 Å². The Morgan fingerprint density at radius 3 is 2.32 bits per heavy atom. The predicted octanol–water partition coefficient (Wildman–Crippen LogP) is 4.11. The number of aliphatic hydroxyl groups is 1. The minimum atomic E-state index is -0.991. The van der Waals surface area contributed by atoms with Gasteiger partial charge in [0.1, 0.15) is 30.8 Å². The lowest BCUT2D eigenvalue weighted by Gasteiger charge is -2.37. The highest BCUT2D eigenvalue weighted by Crippen LogP contribution is 2.32. The molecule has 398 valence electrons. The van der Waals surface area contributed by atoms with E-state index >= 15 is 4.39 Å². The maximum atomic E-state index is 16.0. The van der Waals surface area contributed by atoms with Crippen LogP contribution in [-0.2, 0) is 40.0 Å². The summed E-state index contributed by atoms with van der Waals surface area (Å²) < 4.78 is 22.0. The third-order valence-corrected chi connectivity index (χ3v) is 15.1. The summed E-state index contributed by atoms with van der Waals surface area (Å²) in [7, 11) is 0. The van der Waals surface area contributed by atoms with Crippen molar-refractivity contribution in [2.75, 3.05) is 26.2 Å². The highest BCUT2D eigenvalue weighted by Gasteiger charge is 2.46. The van der Waals surface area contributed by atoms with Crippen molar-refractivity contribution >= 4 is 52.7 Å². The lowest BCUT2D eigenvalue weighted by Crippen LogP contribution is -2.59. The standard InChI is InChI=1S/C53H74FN9O9S/c1-30-23-36(46(54)43(24-30)72-28-37(17-20-44(56)66)59-49(68)41-19-18-38-21-22-61(33(4)64)27-40(55)51(70)63(38)41)11-9-8-10-12-45(67)60-48(53(5,6)7)52(71)62-26-39(65)25-42(62)50(69)58-31(2)34-13-15-35(16-14-34)47-32(3)57-29-73-47/h13-16,23-24,29,31,37-42,48,65H,8-12,17-22,25-28,55H2,1-7H3,(H2,56,66)(H,58,69)(H,59,68)(H,60,67)/t31-,37-,38+,39+,40-,41-,42-,48+/m0/s1. The molecule has 0 saturated carbocycles. The number of amides is 7. The van der Waals surface area contributed by atoms with Crippen LogP contribution in [0.15, 0.2) is 41.9 Å². The second kappa shape index (κ2) is 24.8. The molecule has 3 aromatic rings. The van der Waals surface area contributed by atoms with E-state index in [9.17, 15) is 38.7 Å². The Hall–Kier alpha value is -5.99. The fourth-order valence-corrected chi connectivity index (χ4v) is 10.9. The minimum Gasteiger partial charge on any atom is -0.488 e. The predicted molar refractivity (Wildman–Crippen MR) is 274 cm³/mol. The second-order valence-corrected chi connectivity index (χ2v) is 21.9. The van der Waals surface area contributed by atoms with E-state index in [-0.39, 0.29) is 75.0 Å². The molecule has 18 nitrogen and oxygen atoms in total. The van der Waals surface area contributed by atoms with Gasteiger partial charge < -0.3 is 52.0 Å². The molecule has 20 heteroatoms. The van der Waals surface area contributed by atoms with E-state index < -0.39 is 77.1 Å². The minimum absolute atomic E-state index is 0.0286. The van der Waals surface area contributed by atoms with Crippen LogP contribution >= 0.6 is 11.3 Å². The highest BCUT2D eigenvalue weighted by molar-refractivity contribution is 7.13. The summed E-state index contributed by atoms with van der Waals surface area (Å²) in [5.41, 5.74) is 16.7. The first kappa shape index (κ1) is 56.3. The van der Waals surface area contributed by atoms with Gasteiger partial charge in [0.05, 0.1) is 34.3 Å². The van der Waals surface area contributed by atoms with E-state index in [2.05, 4.69) is 20.9 Å². The number of halogens is 1. The molecule has 3 fully saturated rings. The van der Waals surface area contributed by atoms with E-state index in [1.54, 1.807) is 40.8 Å². The second-order valence-electron chi connectivity index (χ2n) is 21.1. The number of primary amides is 1. The van der Waals surface area contributed by atoms with E-state index in [4.69, 9.17) is 16.2 Å². The number of ether oxygens (including phenoxy) is 1. The van der Waals surface area contributed by atoms with Gasteiger partial charge in [0.2, 0.25) is 41.4 Å².